The Labute approximate surface area is 104 Å². The number of fused-ring (bicyclic) bond motifs is 1. The molecule has 0 aliphatic heterocycles. The van der Waals surface area contributed by atoms with E-state index < -0.39 is 0 Å². The van der Waals surface area contributed by atoms with Crippen molar-refractivity contribution >= 4 is 10.9 Å². The van der Waals surface area contributed by atoms with Gasteiger partial charge in [0.05, 0.1) is 10.9 Å². The Morgan fingerprint density at radius 2 is 1.83 bits per heavy atom. The van der Waals surface area contributed by atoms with Gasteiger partial charge in [-0.2, -0.15) is 0 Å². The molecule has 0 atom stereocenters. The summed E-state index contributed by atoms with van der Waals surface area (Å²) in [5, 5.41) is 0.514. The minimum absolute atomic E-state index is 0.348. The van der Waals surface area contributed by atoms with Crippen LogP contribution in [0.15, 0.2) is 57.7 Å². The highest BCUT2D eigenvalue weighted by Crippen LogP contribution is 2.18. The van der Waals surface area contributed by atoms with Crippen LogP contribution in [0.25, 0.3) is 22.4 Å². The minimum atomic E-state index is -0.348. The second-order valence-corrected chi connectivity index (χ2v) is 4.19. The molecule has 3 aromatic rings. The highest BCUT2D eigenvalue weighted by molar-refractivity contribution is 5.79. The van der Waals surface area contributed by atoms with E-state index in [-0.39, 0.29) is 5.63 Å². The van der Waals surface area contributed by atoms with Crippen LogP contribution in [0.5, 0.6) is 0 Å². The Balaban J connectivity index is 2.30. The molecule has 0 radical (unpaired) electrons. The summed E-state index contributed by atoms with van der Waals surface area (Å²) in [5.41, 5.74) is 2.20. The summed E-state index contributed by atoms with van der Waals surface area (Å²) in [6.07, 6.45) is 0. The molecule has 3 nitrogen and oxygen atoms in total. The summed E-state index contributed by atoms with van der Waals surface area (Å²) < 4.78 is 5.25. The van der Waals surface area contributed by atoms with Gasteiger partial charge in [-0.15, -0.1) is 0 Å². The van der Waals surface area contributed by atoms with E-state index in [9.17, 15) is 4.79 Å². The number of rotatable bonds is 1. The average molecular weight is 237 g/mol. The van der Waals surface area contributed by atoms with E-state index in [1.807, 2.05) is 49.4 Å². The molecule has 1 aromatic heterocycles. The first-order chi connectivity index (χ1) is 8.74. The minimum Gasteiger partial charge on any atom is -0.403 e. The van der Waals surface area contributed by atoms with E-state index in [2.05, 4.69) is 4.98 Å². The smallest absolute Gasteiger partial charge is 0.347 e. The average Bonchev–Trinajstić information content (AvgIpc) is 2.39. The van der Waals surface area contributed by atoms with Crippen molar-refractivity contribution < 1.29 is 4.42 Å². The predicted molar refractivity (Wildman–Crippen MR) is 70.5 cm³/mol. The van der Waals surface area contributed by atoms with Gasteiger partial charge in [0.1, 0.15) is 0 Å². The Hall–Kier alpha value is -2.42. The lowest BCUT2D eigenvalue weighted by Crippen LogP contribution is -2.02. The first kappa shape index (κ1) is 10.7. The highest BCUT2D eigenvalue weighted by Gasteiger charge is 2.07. The van der Waals surface area contributed by atoms with Crippen molar-refractivity contribution in [2.24, 2.45) is 0 Å². The summed E-state index contributed by atoms with van der Waals surface area (Å²) in [7, 11) is 0. The fourth-order valence-corrected chi connectivity index (χ4v) is 1.89. The zero-order valence-electron chi connectivity index (χ0n) is 9.88. The van der Waals surface area contributed by atoms with Crippen molar-refractivity contribution in [1.82, 2.24) is 4.98 Å². The normalized spacial score (nSPS) is 10.7. The number of hydrogen-bond acceptors (Lipinski definition) is 3. The van der Waals surface area contributed by atoms with Crippen LogP contribution in [-0.2, 0) is 0 Å². The Kier molecular flexibility index (Phi) is 2.45. The van der Waals surface area contributed by atoms with E-state index in [1.54, 1.807) is 6.07 Å². The lowest BCUT2D eigenvalue weighted by atomic mass is 10.1. The molecular weight excluding hydrogens is 226 g/mol. The van der Waals surface area contributed by atoms with Gasteiger partial charge in [0, 0.05) is 5.56 Å². The molecule has 0 aliphatic rings. The first-order valence-corrected chi connectivity index (χ1v) is 5.71. The largest absolute Gasteiger partial charge is 0.403 e. The molecule has 0 saturated heterocycles. The summed E-state index contributed by atoms with van der Waals surface area (Å²) in [6, 6.07) is 14.9. The van der Waals surface area contributed by atoms with E-state index in [0.29, 0.717) is 16.8 Å². The maximum atomic E-state index is 11.9. The van der Waals surface area contributed by atoms with Gasteiger partial charge in [-0.25, -0.2) is 9.78 Å². The lowest BCUT2D eigenvalue weighted by Gasteiger charge is -2.02. The highest BCUT2D eigenvalue weighted by atomic mass is 16.4. The van der Waals surface area contributed by atoms with Crippen molar-refractivity contribution in [2.75, 3.05) is 0 Å². The third-order valence-corrected chi connectivity index (χ3v) is 2.81. The molecule has 3 heteroatoms. The van der Waals surface area contributed by atoms with Crippen molar-refractivity contribution in [3.8, 4) is 11.5 Å². The van der Waals surface area contributed by atoms with E-state index >= 15 is 0 Å². The number of aromatic nitrogens is 1. The molecule has 18 heavy (non-hydrogen) atoms. The predicted octanol–water partition coefficient (Wildman–Crippen LogP) is 3.16. The lowest BCUT2D eigenvalue weighted by molar-refractivity contribution is 0.518. The molecule has 0 amide bonds. The van der Waals surface area contributed by atoms with Crippen LogP contribution in [0.4, 0.5) is 0 Å². The maximum Gasteiger partial charge on any atom is 0.347 e. The number of nitrogens with zero attached hydrogens (tertiary/aromatic N) is 1. The quantitative estimate of drug-likeness (QED) is 0.653. The van der Waals surface area contributed by atoms with Crippen LogP contribution in [0.2, 0.25) is 0 Å². The SMILES string of the molecule is Cc1ccc2c(=O)oc(-c3ccccc3)nc2c1. The molecule has 0 unspecified atom stereocenters. The molecule has 0 aliphatic carbocycles. The topological polar surface area (TPSA) is 43.1 Å². The zero-order chi connectivity index (χ0) is 12.5. The molecular formula is C15H11NO2. The Morgan fingerprint density at radius 3 is 2.61 bits per heavy atom. The standard InChI is InChI=1S/C15H11NO2/c1-10-7-8-12-13(9-10)16-14(18-15(12)17)11-5-3-2-4-6-11/h2-9H,1H3. The zero-order valence-corrected chi connectivity index (χ0v) is 9.88. The van der Waals surface area contributed by atoms with E-state index in [4.69, 9.17) is 4.42 Å². The number of aryl methyl sites for hydroxylation is 1. The summed E-state index contributed by atoms with van der Waals surface area (Å²) >= 11 is 0. The molecule has 0 spiro atoms. The van der Waals surface area contributed by atoms with Gasteiger partial charge < -0.3 is 4.42 Å². The van der Waals surface area contributed by atoms with Gasteiger partial charge in [0.2, 0.25) is 5.89 Å². The van der Waals surface area contributed by atoms with E-state index in [1.165, 1.54) is 0 Å². The molecule has 0 N–H and O–H groups in total. The Bertz CT molecular complexity index is 760. The number of benzene rings is 2. The first-order valence-electron chi connectivity index (χ1n) is 5.71. The fraction of sp³-hybridized carbons (Fsp3) is 0.0667. The summed E-state index contributed by atoms with van der Waals surface area (Å²) in [4.78, 5) is 16.3. The van der Waals surface area contributed by atoms with Gasteiger partial charge in [-0.3, -0.25) is 0 Å². The van der Waals surface area contributed by atoms with Crippen molar-refractivity contribution in [1.29, 1.82) is 0 Å². The van der Waals surface area contributed by atoms with E-state index in [0.717, 1.165) is 11.1 Å². The van der Waals surface area contributed by atoms with Crippen LogP contribution < -0.4 is 5.63 Å². The molecule has 1 heterocycles. The Morgan fingerprint density at radius 1 is 1.06 bits per heavy atom. The van der Waals surface area contributed by atoms with Gasteiger partial charge in [-0.05, 0) is 36.8 Å². The number of hydrogen-bond donors (Lipinski definition) is 0. The maximum absolute atomic E-state index is 11.9. The molecule has 0 saturated carbocycles. The second kappa shape index (κ2) is 4.11. The van der Waals surface area contributed by atoms with Crippen molar-refractivity contribution in [3.63, 3.8) is 0 Å². The van der Waals surface area contributed by atoms with Crippen molar-refractivity contribution in [2.45, 2.75) is 6.92 Å². The van der Waals surface area contributed by atoms with Crippen LogP contribution in [0.3, 0.4) is 0 Å². The summed E-state index contributed by atoms with van der Waals surface area (Å²) in [5.74, 6) is 0.360. The molecule has 2 aromatic carbocycles. The van der Waals surface area contributed by atoms with Crippen LogP contribution in [0, 0.1) is 6.92 Å². The third-order valence-electron chi connectivity index (χ3n) is 2.81. The van der Waals surface area contributed by atoms with Crippen LogP contribution in [-0.4, -0.2) is 4.98 Å². The van der Waals surface area contributed by atoms with Gasteiger partial charge in [0.15, 0.2) is 0 Å². The van der Waals surface area contributed by atoms with Gasteiger partial charge in [-0.1, -0.05) is 24.3 Å². The third kappa shape index (κ3) is 1.80. The molecule has 3 rings (SSSR count). The molecule has 88 valence electrons. The second-order valence-electron chi connectivity index (χ2n) is 4.19. The fourth-order valence-electron chi connectivity index (χ4n) is 1.89. The summed E-state index contributed by atoms with van der Waals surface area (Å²) in [6.45, 7) is 1.97. The molecule has 0 fully saturated rings. The molecule has 0 bridgehead atoms. The van der Waals surface area contributed by atoms with Gasteiger partial charge >= 0.3 is 5.63 Å². The monoisotopic (exact) mass is 237 g/mol. The van der Waals surface area contributed by atoms with Crippen LogP contribution in [0.1, 0.15) is 5.56 Å². The van der Waals surface area contributed by atoms with Crippen molar-refractivity contribution in [3.05, 3.63) is 64.5 Å². The van der Waals surface area contributed by atoms with Gasteiger partial charge in [0.25, 0.3) is 0 Å². The van der Waals surface area contributed by atoms with Crippen LogP contribution >= 0.6 is 0 Å².